The van der Waals surface area contributed by atoms with Gasteiger partial charge < -0.3 is 14.2 Å². The highest BCUT2D eigenvalue weighted by Crippen LogP contribution is 2.38. The number of allylic oxidation sites excluding steroid dienone is 1. The number of halogens is 1. The van der Waals surface area contributed by atoms with Gasteiger partial charge in [-0.2, -0.15) is 0 Å². The molecule has 0 spiro atoms. The summed E-state index contributed by atoms with van der Waals surface area (Å²) in [6.07, 6.45) is 3.18. The highest BCUT2D eigenvalue weighted by Gasteiger charge is 2.36. The van der Waals surface area contributed by atoms with Gasteiger partial charge in [-0.3, -0.25) is 9.36 Å². The quantitative estimate of drug-likeness (QED) is 0.188. The molecule has 1 aliphatic heterocycles. The number of hydrogen-bond donors (Lipinski definition) is 0. The zero-order valence-electron chi connectivity index (χ0n) is 24.6. The van der Waals surface area contributed by atoms with Gasteiger partial charge in [-0.1, -0.05) is 82.6 Å². The van der Waals surface area contributed by atoms with Crippen molar-refractivity contribution in [2.75, 3.05) is 13.7 Å². The van der Waals surface area contributed by atoms with Gasteiger partial charge in [0.2, 0.25) is 0 Å². The van der Waals surface area contributed by atoms with Gasteiger partial charge >= 0.3 is 5.97 Å². The van der Waals surface area contributed by atoms with Gasteiger partial charge in [-0.05, 0) is 67.8 Å². The van der Waals surface area contributed by atoms with Gasteiger partial charge in [-0.25, -0.2) is 9.79 Å². The number of aromatic nitrogens is 1. The predicted octanol–water partition coefficient (Wildman–Crippen LogP) is 6.24. The monoisotopic (exact) mass is 660 g/mol. The second kappa shape index (κ2) is 13.6. The number of carbonyl (C=O) groups is 1. The normalized spacial score (nSPS) is 14.7. The Kier molecular flexibility index (Phi) is 9.62. The third-order valence-electron chi connectivity index (χ3n) is 7.08. The summed E-state index contributed by atoms with van der Waals surface area (Å²) < 4.78 is 20.0. The molecule has 3 aromatic carbocycles. The van der Waals surface area contributed by atoms with Crippen molar-refractivity contribution in [1.29, 1.82) is 0 Å². The Hall–Kier alpha value is -3.95. The summed E-state index contributed by atoms with van der Waals surface area (Å²) in [6, 6.07) is 20.7. The van der Waals surface area contributed by atoms with Crippen molar-refractivity contribution in [2.45, 2.75) is 46.3 Å². The summed E-state index contributed by atoms with van der Waals surface area (Å²) in [4.78, 5) is 32.9. The maximum atomic E-state index is 14.1. The van der Waals surface area contributed by atoms with Gasteiger partial charge in [-0.15, -0.1) is 0 Å². The molecule has 7 nitrogen and oxygen atoms in total. The number of rotatable bonds is 10. The molecule has 1 aromatic heterocycles. The fraction of sp³-hybridized carbons (Fsp3) is 0.265. The van der Waals surface area contributed by atoms with Gasteiger partial charge in [0.05, 0.1) is 29.5 Å². The number of methoxy groups -OCH3 is 1. The van der Waals surface area contributed by atoms with E-state index in [0.29, 0.717) is 44.9 Å². The molecule has 0 bridgehead atoms. The van der Waals surface area contributed by atoms with E-state index in [4.69, 9.17) is 19.2 Å². The van der Waals surface area contributed by atoms with Crippen LogP contribution < -0.4 is 24.4 Å². The molecule has 9 heteroatoms. The molecule has 0 radical (unpaired) electrons. The third-order valence-corrected chi connectivity index (χ3v) is 8.56. The van der Waals surface area contributed by atoms with Crippen molar-refractivity contribution in [2.24, 2.45) is 4.99 Å². The van der Waals surface area contributed by atoms with Crippen LogP contribution >= 0.6 is 27.3 Å². The van der Waals surface area contributed by atoms with Crippen LogP contribution in [0.15, 0.2) is 92.3 Å². The zero-order valence-corrected chi connectivity index (χ0v) is 27.0. The number of nitrogens with zero attached hydrogens (tertiary/aromatic N) is 2. The molecule has 0 fully saturated rings. The van der Waals surface area contributed by atoms with E-state index in [1.807, 2.05) is 55.5 Å². The smallest absolute Gasteiger partial charge is 0.338 e. The Bertz CT molecular complexity index is 1840. The first kappa shape index (κ1) is 30.5. The van der Waals surface area contributed by atoms with E-state index in [9.17, 15) is 9.59 Å². The summed E-state index contributed by atoms with van der Waals surface area (Å²) in [5, 5.41) is 0. The third kappa shape index (κ3) is 6.68. The van der Waals surface area contributed by atoms with Crippen LogP contribution in [-0.4, -0.2) is 24.3 Å². The van der Waals surface area contributed by atoms with E-state index >= 15 is 0 Å². The lowest BCUT2D eigenvalue weighted by molar-refractivity contribution is -0.139. The van der Waals surface area contributed by atoms with Crippen LogP contribution in [0.25, 0.3) is 6.08 Å². The lowest BCUT2D eigenvalue weighted by Gasteiger charge is -2.27. The predicted molar refractivity (Wildman–Crippen MR) is 172 cm³/mol. The van der Waals surface area contributed by atoms with Crippen molar-refractivity contribution >= 4 is 39.3 Å². The summed E-state index contributed by atoms with van der Waals surface area (Å²) in [5.41, 5.74) is 4.56. The highest BCUT2D eigenvalue weighted by atomic mass is 79.9. The van der Waals surface area contributed by atoms with Gasteiger partial charge in [0.1, 0.15) is 24.1 Å². The first-order valence-electron chi connectivity index (χ1n) is 14.2. The van der Waals surface area contributed by atoms with Gasteiger partial charge in [0.15, 0.2) is 4.80 Å². The fourth-order valence-electron chi connectivity index (χ4n) is 5.00. The number of esters is 1. The number of hydrogen-bond acceptors (Lipinski definition) is 7. The standard InChI is InChI=1S/C34H33BrN2O5S/c1-5-7-27-30(33(39)41-6-2)31(26-19-24(35)14-17-28(26)40-4)37-32(38)29(43-34(37)36-27)18-22-12-15-25(16-13-22)42-20-23-10-8-21(3)9-11-23/h8-19,31H,5-7,20H2,1-4H3/b29-18+/t31-/m1/s1. The van der Waals surface area contributed by atoms with Crippen LogP contribution in [0.5, 0.6) is 11.5 Å². The van der Waals surface area contributed by atoms with Crippen molar-refractivity contribution < 1.29 is 19.0 Å². The molecular weight excluding hydrogens is 628 g/mol. The minimum atomic E-state index is -0.760. The van der Waals surface area contributed by atoms with E-state index < -0.39 is 12.0 Å². The van der Waals surface area contributed by atoms with Gasteiger partial charge in [0, 0.05) is 10.0 Å². The number of ether oxygens (including phenoxy) is 3. The molecule has 0 N–H and O–H groups in total. The zero-order chi connectivity index (χ0) is 30.5. The SMILES string of the molecule is CCCC1=C(C(=O)OCC)[C@@H](c2cc(Br)ccc2OC)n2c(s/c(=C/c3ccc(OCc4ccc(C)cc4)cc3)c2=O)=N1. The summed E-state index contributed by atoms with van der Waals surface area (Å²) in [5.74, 6) is 0.810. The fourth-order valence-corrected chi connectivity index (χ4v) is 6.40. The average molecular weight is 662 g/mol. The van der Waals surface area contributed by atoms with Crippen molar-refractivity contribution in [3.8, 4) is 11.5 Å². The second-order valence-corrected chi connectivity index (χ2v) is 12.1. The Morgan fingerprint density at radius 2 is 1.81 bits per heavy atom. The highest BCUT2D eigenvalue weighted by molar-refractivity contribution is 9.10. The number of fused-ring (bicyclic) bond motifs is 1. The van der Waals surface area contributed by atoms with Crippen molar-refractivity contribution in [3.63, 3.8) is 0 Å². The first-order valence-corrected chi connectivity index (χ1v) is 15.8. The number of aryl methyl sites for hydroxylation is 1. The lowest BCUT2D eigenvalue weighted by atomic mass is 9.93. The molecule has 0 amide bonds. The first-order chi connectivity index (χ1) is 20.8. The largest absolute Gasteiger partial charge is 0.496 e. The topological polar surface area (TPSA) is 79.1 Å². The molecule has 1 aliphatic rings. The van der Waals surface area contributed by atoms with Crippen LogP contribution in [0, 0.1) is 6.92 Å². The number of thiazole rings is 1. The van der Waals surface area contributed by atoms with Crippen LogP contribution in [0.4, 0.5) is 0 Å². The average Bonchev–Trinajstić information content (AvgIpc) is 3.31. The Morgan fingerprint density at radius 3 is 2.49 bits per heavy atom. The Balaban J connectivity index is 1.57. The molecule has 0 unspecified atom stereocenters. The molecule has 43 heavy (non-hydrogen) atoms. The molecule has 1 atom stereocenters. The summed E-state index contributed by atoms with van der Waals surface area (Å²) in [7, 11) is 1.57. The molecule has 0 saturated heterocycles. The maximum Gasteiger partial charge on any atom is 0.338 e. The van der Waals surface area contributed by atoms with E-state index in [2.05, 4.69) is 47.1 Å². The van der Waals surface area contributed by atoms with Crippen LogP contribution in [0.3, 0.4) is 0 Å². The van der Waals surface area contributed by atoms with Crippen LogP contribution in [-0.2, 0) is 16.1 Å². The molecule has 5 rings (SSSR count). The lowest BCUT2D eigenvalue weighted by Crippen LogP contribution is -2.40. The minimum absolute atomic E-state index is 0.208. The maximum absolute atomic E-state index is 14.1. The van der Waals surface area contributed by atoms with Crippen LogP contribution in [0.1, 0.15) is 55.0 Å². The molecular formula is C34H33BrN2O5S. The number of carbonyl (C=O) groups excluding carboxylic acids is 1. The van der Waals surface area contributed by atoms with Crippen molar-refractivity contribution in [1.82, 2.24) is 4.57 Å². The molecule has 4 aromatic rings. The Morgan fingerprint density at radius 1 is 1.07 bits per heavy atom. The van der Waals surface area contributed by atoms with Crippen molar-refractivity contribution in [3.05, 3.63) is 124 Å². The summed E-state index contributed by atoms with van der Waals surface area (Å²) >= 11 is 4.85. The molecule has 222 valence electrons. The van der Waals surface area contributed by atoms with E-state index in [0.717, 1.165) is 27.8 Å². The van der Waals surface area contributed by atoms with E-state index in [1.54, 1.807) is 18.6 Å². The molecule has 0 saturated carbocycles. The second-order valence-electron chi connectivity index (χ2n) is 10.1. The number of benzene rings is 3. The summed E-state index contributed by atoms with van der Waals surface area (Å²) in [6.45, 7) is 6.53. The van der Waals surface area contributed by atoms with Crippen LogP contribution in [0.2, 0.25) is 0 Å². The van der Waals surface area contributed by atoms with Gasteiger partial charge in [0.25, 0.3) is 5.56 Å². The molecule has 2 heterocycles. The Labute approximate surface area is 262 Å². The van der Waals surface area contributed by atoms with E-state index in [1.165, 1.54) is 16.9 Å². The molecule has 0 aliphatic carbocycles. The minimum Gasteiger partial charge on any atom is -0.496 e. The van der Waals surface area contributed by atoms with E-state index in [-0.39, 0.29) is 12.2 Å².